The van der Waals surface area contributed by atoms with E-state index in [4.69, 9.17) is 21.1 Å². The van der Waals surface area contributed by atoms with E-state index in [9.17, 15) is 24.0 Å². The van der Waals surface area contributed by atoms with E-state index in [0.717, 1.165) is 64.2 Å². The zero-order valence-corrected chi connectivity index (χ0v) is 35.5. The summed E-state index contributed by atoms with van der Waals surface area (Å²) in [6, 6.07) is -1.22. The van der Waals surface area contributed by atoms with Gasteiger partial charge >= 0.3 is 6.09 Å². The van der Waals surface area contributed by atoms with Crippen LogP contribution in [-0.4, -0.2) is 113 Å². The van der Waals surface area contributed by atoms with Gasteiger partial charge in [-0.15, -0.1) is 0 Å². The predicted octanol–water partition coefficient (Wildman–Crippen LogP) is 5.76. The third kappa shape index (κ3) is 11.7. The average Bonchev–Trinajstić information content (AvgIpc) is 4.07. The van der Waals surface area contributed by atoms with Crippen molar-refractivity contribution in [3.05, 3.63) is 22.8 Å². The number of ether oxygens (including phenoxy) is 2. The molecule has 14 heteroatoms. The second-order valence-corrected chi connectivity index (χ2v) is 18.5. The molecule has 1 unspecified atom stereocenters. The summed E-state index contributed by atoms with van der Waals surface area (Å²) in [5.41, 5.74) is -0.0704. The molecule has 2 heterocycles. The highest BCUT2D eigenvalue weighted by Crippen LogP contribution is 2.41. The summed E-state index contributed by atoms with van der Waals surface area (Å²) in [6.45, 7) is 9.88. The number of carbonyl (C=O) groups is 5. The van der Waals surface area contributed by atoms with Crippen LogP contribution < -0.4 is 15.4 Å². The molecule has 5 amide bonds. The van der Waals surface area contributed by atoms with Crippen molar-refractivity contribution < 1.29 is 33.4 Å². The predicted molar refractivity (Wildman–Crippen MR) is 214 cm³/mol. The minimum atomic E-state index is -0.906. The Labute approximate surface area is 338 Å². The fourth-order valence-corrected chi connectivity index (χ4v) is 8.51. The molecule has 0 aromatic carbocycles. The van der Waals surface area contributed by atoms with Crippen LogP contribution in [0.2, 0.25) is 5.02 Å². The maximum atomic E-state index is 14.7. The van der Waals surface area contributed by atoms with Crippen molar-refractivity contribution in [3.8, 4) is 5.88 Å². The lowest BCUT2D eigenvalue weighted by Crippen LogP contribution is -2.58. The van der Waals surface area contributed by atoms with E-state index in [-0.39, 0.29) is 53.9 Å². The van der Waals surface area contributed by atoms with E-state index in [1.165, 1.54) is 11.1 Å². The fraction of sp³-hybridized carbons (Fsp3) is 0.762. The number of hydrogen-bond donors (Lipinski definition) is 2. The number of nitrogens with zero attached hydrogens (tertiary/aromatic N) is 4. The Balaban J connectivity index is 1.42. The number of carbonyl (C=O) groups excluding carboxylic acids is 5. The molecule has 6 atom stereocenters. The van der Waals surface area contributed by atoms with Gasteiger partial charge in [0.15, 0.2) is 0 Å². The summed E-state index contributed by atoms with van der Waals surface area (Å²) < 4.78 is 11.6. The summed E-state index contributed by atoms with van der Waals surface area (Å²) in [7, 11) is 5.14. The SMILES string of the molecule is CC(C)C[C@@H]1NC(=O)[C@H]2C(N(C)C(=O)[C@@H](NC(=O)OC(C)(C)C)C3CC3)CC[C@@H]2CCCCCCN(C)C(=O)[C@H](Cc2cc(Cl)cnc2OC2CC2)N(C)C1=O. The van der Waals surface area contributed by atoms with Crippen molar-refractivity contribution in [1.82, 2.24) is 30.3 Å². The number of hydrogen-bond acceptors (Lipinski definition) is 8. The Morgan fingerprint density at radius 3 is 2.34 bits per heavy atom. The average molecular weight is 801 g/mol. The van der Waals surface area contributed by atoms with E-state index in [2.05, 4.69) is 15.6 Å². The Kier molecular flexibility index (Phi) is 14.6. The monoisotopic (exact) mass is 800 g/mol. The topological polar surface area (TPSA) is 150 Å². The largest absolute Gasteiger partial charge is 0.474 e. The molecule has 312 valence electrons. The van der Waals surface area contributed by atoms with Gasteiger partial charge in [-0.1, -0.05) is 44.7 Å². The molecule has 2 N–H and O–H groups in total. The molecule has 3 aliphatic carbocycles. The van der Waals surface area contributed by atoms with Crippen LogP contribution in [0.25, 0.3) is 0 Å². The second-order valence-electron chi connectivity index (χ2n) is 18.1. The molecule has 5 rings (SSSR count). The first kappa shape index (κ1) is 43.5. The normalized spacial score (nSPS) is 26.4. The number of fused-ring (bicyclic) bond motifs is 1. The minimum absolute atomic E-state index is 0.0119. The zero-order valence-electron chi connectivity index (χ0n) is 34.8. The van der Waals surface area contributed by atoms with Crippen molar-refractivity contribution >= 4 is 41.3 Å². The van der Waals surface area contributed by atoms with Crippen LogP contribution in [0.5, 0.6) is 5.88 Å². The van der Waals surface area contributed by atoms with Gasteiger partial charge in [-0.2, -0.15) is 0 Å². The quantitative estimate of drug-likeness (QED) is 0.304. The third-order valence-electron chi connectivity index (χ3n) is 11.7. The maximum Gasteiger partial charge on any atom is 0.408 e. The first-order valence-corrected chi connectivity index (χ1v) is 21.2. The zero-order chi connectivity index (χ0) is 40.9. The van der Waals surface area contributed by atoms with Crippen molar-refractivity contribution in [2.75, 3.05) is 27.7 Å². The molecule has 3 saturated carbocycles. The first-order valence-electron chi connectivity index (χ1n) is 20.8. The lowest BCUT2D eigenvalue weighted by atomic mass is 9.86. The number of pyridine rings is 1. The standard InChI is InChI=1S/C42H65ClN6O7/c1-25(2)21-31-38(51)49(8)33(23-28-22-29(43)24-44-37(28)55-30-17-18-30)39(52)47(6)20-12-10-9-11-13-26-16-19-32(34(26)36(50)45-31)48(7)40(53)35(27-14-15-27)46-41(54)56-42(3,4)5/h22,24-27,30-35H,9-21,23H2,1-8H3,(H,45,50)(H,46,54)/t26-,31-,32?,33-,34+,35-/m0/s1. The summed E-state index contributed by atoms with van der Waals surface area (Å²) in [6.07, 6.45) is 10.8. The summed E-state index contributed by atoms with van der Waals surface area (Å²) in [5, 5.41) is 6.39. The van der Waals surface area contributed by atoms with E-state index in [1.54, 1.807) is 57.8 Å². The lowest BCUT2D eigenvalue weighted by molar-refractivity contribution is -0.146. The molecule has 4 aliphatic rings. The molecule has 0 spiro atoms. The van der Waals surface area contributed by atoms with Crippen molar-refractivity contribution in [1.29, 1.82) is 0 Å². The molecule has 13 nitrogen and oxygen atoms in total. The van der Waals surface area contributed by atoms with E-state index in [1.807, 2.05) is 13.8 Å². The molecule has 1 aromatic heterocycles. The molecule has 4 fully saturated rings. The van der Waals surface area contributed by atoms with Crippen LogP contribution >= 0.6 is 11.6 Å². The van der Waals surface area contributed by atoms with E-state index in [0.29, 0.717) is 35.9 Å². The van der Waals surface area contributed by atoms with Gasteiger partial charge in [0.2, 0.25) is 29.5 Å². The van der Waals surface area contributed by atoms with Crippen LogP contribution in [0, 0.1) is 23.7 Å². The van der Waals surface area contributed by atoms with Crippen LogP contribution in [-0.2, 0) is 30.3 Å². The van der Waals surface area contributed by atoms with E-state index >= 15 is 0 Å². The summed E-state index contributed by atoms with van der Waals surface area (Å²) in [5.74, 6) is -1.12. The van der Waals surface area contributed by atoms with Crippen LogP contribution in [0.4, 0.5) is 4.79 Å². The third-order valence-corrected chi connectivity index (χ3v) is 11.9. The molecular weight excluding hydrogens is 736 g/mol. The Hall–Kier alpha value is -3.61. The molecule has 1 aliphatic heterocycles. The lowest BCUT2D eigenvalue weighted by Gasteiger charge is -2.36. The van der Waals surface area contributed by atoms with Crippen molar-refractivity contribution in [2.45, 2.75) is 154 Å². The van der Waals surface area contributed by atoms with Crippen LogP contribution in [0.15, 0.2) is 12.3 Å². The van der Waals surface area contributed by atoms with Gasteiger partial charge < -0.3 is 34.8 Å². The summed E-state index contributed by atoms with van der Waals surface area (Å²) >= 11 is 6.41. The Bertz CT molecular complexity index is 1580. The van der Waals surface area contributed by atoms with Crippen LogP contribution in [0.1, 0.15) is 117 Å². The van der Waals surface area contributed by atoms with Crippen LogP contribution in [0.3, 0.4) is 0 Å². The number of likely N-dealkylation sites (N-methyl/N-ethyl adjacent to an activating group) is 3. The molecule has 1 aromatic rings. The molecule has 56 heavy (non-hydrogen) atoms. The van der Waals surface area contributed by atoms with Gasteiger partial charge in [0.05, 0.1) is 10.9 Å². The van der Waals surface area contributed by atoms with Gasteiger partial charge in [0.1, 0.15) is 29.8 Å². The number of halogens is 1. The van der Waals surface area contributed by atoms with Gasteiger partial charge in [0.25, 0.3) is 0 Å². The molecule has 0 radical (unpaired) electrons. The summed E-state index contributed by atoms with van der Waals surface area (Å²) in [4.78, 5) is 79.9. The number of aromatic nitrogens is 1. The van der Waals surface area contributed by atoms with Gasteiger partial charge in [-0.25, -0.2) is 9.78 Å². The smallest absolute Gasteiger partial charge is 0.408 e. The second kappa shape index (κ2) is 18.8. The molecule has 0 bridgehead atoms. The fourth-order valence-electron chi connectivity index (χ4n) is 8.33. The number of nitrogens with one attached hydrogen (secondary N) is 2. The number of rotatable bonds is 10. The van der Waals surface area contributed by atoms with Gasteiger partial charge in [-0.3, -0.25) is 19.2 Å². The van der Waals surface area contributed by atoms with Gasteiger partial charge in [0, 0.05) is 51.9 Å². The number of amides is 5. The van der Waals surface area contributed by atoms with Gasteiger partial charge in [-0.05, 0) is 102 Å². The van der Waals surface area contributed by atoms with Crippen molar-refractivity contribution in [2.24, 2.45) is 23.7 Å². The highest BCUT2D eigenvalue weighted by atomic mass is 35.5. The minimum Gasteiger partial charge on any atom is -0.474 e. The first-order chi connectivity index (χ1) is 26.4. The highest BCUT2D eigenvalue weighted by Gasteiger charge is 2.48. The maximum absolute atomic E-state index is 14.7. The Morgan fingerprint density at radius 2 is 1.70 bits per heavy atom. The number of alkyl carbamates (subject to hydrolysis) is 1. The van der Waals surface area contributed by atoms with Crippen molar-refractivity contribution in [3.63, 3.8) is 0 Å². The molecular formula is C42H65ClN6O7. The Morgan fingerprint density at radius 1 is 1.00 bits per heavy atom. The molecule has 1 saturated heterocycles. The highest BCUT2D eigenvalue weighted by molar-refractivity contribution is 6.30. The van der Waals surface area contributed by atoms with E-state index < -0.39 is 41.8 Å².